The summed E-state index contributed by atoms with van der Waals surface area (Å²) in [6, 6.07) is 27.7. The highest BCUT2D eigenvalue weighted by Crippen LogP contribution is 2.25. The van der Waals surface area contributed by atoms with E-state index in [9.17, 15) is 14.7 Å². The van der Waals surface area contributed by atoms with Crippen LogP contribution in [0.2, 0.25) is 0 Å². The summed E-state index contributed by atoms with van der Waals surface area (Å²) in [5, 5.41) is 15.9. The highest BCUT2D eigenvalue weighted by Gasteiger charge is 2.36. The number of fused-ring (bicyclic) bond motifs is 1. The van der Waals surface area contributed by atoms with Gasteiger partial charge in [-0.05, 0) is 29.7 Å². The number of rotatable bonds is 8. The maximum Gasteiger partial charge on any atom is 0.405 e. The largest absolute Gasteiger partial charge is 0.465 e. The molecule has 0 fully saturated rings. The normalized spacial score (nSPS) is 12.9. The van der Waals surface area contributed by atoms with Gasteiger partial charge < -0.3 is 20.7 Å². The molecule has 33 heavy (non-hydrogen) atoms. The number of hydrogen-bond donors (Lipinski definition) is 4. The van der Waals surface area contributed by atoms with Crippen LogP contribution in [0.1, 0.15) is 29.5 Å². The van der Waals surface area contributed by atoms with Gasteiger partial charge in [0.05, 0.1) is 0 Å². The predicted molar refractivity (Wildman–Crippen MR) is 129 cm³/mol. The fraction of sp³-hybridized carbons (Fsp3) is 0.185. The van der Waals surface area contributed by atoms with Crippen LogP contribution in [0.25, 0.3) is 10.9 Å². The molecule has 0 spiro atoms. The van der Waals surface area contributed by atoms with Gasteiger partial charge in [0.25, 0.3) is 0 Å². The van der Waals surface area contributed by atoms with E-state index in [1.165, 1.54) is 0 Å². The molecule has 1 unspecified atom stereocenters. The van der Waals surface area contributed by atoms with Gasteiger partial charge in [-0.25, -0.2) is 4.79 Å². The standard InChI is InChI=1S/C27H27N3O3/c1-27(30-26(32)33,16-21-17-28-24-15-9-8-14-22(21)24)25(31)29-18-23(19-10-4-2-5-11-19)20-12-6-3-7-13-20/h2-15,17,23,28,30H,16,18H2,1H3,(H,29,31)(H,32,33). The molecule has 0 saturated carbocycles. The first-order valence-corrected chi connectivity index (χ1v) is 10.9. The van der Waals surface area contributed by atoms with Crippen molar-refractivity contribution in [2.45, 2.75) is 24.8 Å². The van der Waals surface area contributed by atoms with E-state index in [-0.39, 0.29) is 18.2 Å². The van der Waals surface area contributed by atoms with Crippen molar-refractivity contribution in [1.29, 1.82) is 0 Å². The first kappa shape index (κ1) is 22.1. The van der Waals surface area contributed by atoms with Crippen molar-refractivity contribution in [3.8, 4) is 0 Å². The summed E-state index contributed by atoms with van der Waals surface area (Å²) in [7, 11) is 0. The molecule has 4 rings (SSSR count). The van der Waals surface area contributed by atoms with Gasteiger partial charge in [-0.2, -0.15) is 0 Å². The van der Waals surface area contributed by atoms with Crippen molar-refractivity contribution in [3.05, 3.63) is 108 Å². The molecular formula is C27H27N3O3. The number of benzene rings is 3. The molecule has 4 aromatic rings. The van der Waals surface area contributed by atoms with E-state index in [0.717, 1.165) is 27.6 Å². The summed E-state index contributed by atoms with van der Waals surface area (Å²) in [5.41, 5.74) is 2.63. The van der Waals surface area contributed by atoms with Crippen molar-refractivity contribution in [3.63, 3.8) is 0 Å². The Bertz CT molecular complexity index is 1200. The summed E-state index contributed by atoms with van der Waals surface area (Å²) >= 11 is 0. The molecule has 1 aromatic heterocycles. The fourth-order valence-electron chi connectivity index (χ4n) is 4.26. The van der Waals surface area contributed by atoms with E-state index in [2.05, 4.69) is 15.6 Å². The molecular weight excluding hydrogens is 414 g/mol. The SMILES string of the molecule is CC(Cc1c[nH]c2ccccc12)(NC(=O)O)C(=O)NCC(c1ccccc1)c1ccccc1. The van der Waals surface area contributed by atoms with Gasteiger partial charge in [0.2, 0.25) is 5.91 Å². The summed E-state index contributed by atoms with van der Waals surface area (Å²) in [4.78, 5) is 28.2. The second-order valence-electron chi connectivity index (χ2n) is 8.38. The van der Waals surface area contributed by atoms with Crippen molar-refractivity contribution in [2.75, 3.05) is 6.54 Å². The van der Waals surface area contributed by atoms with Crippen LogP contribution >= 0.6 is 0 Å². The van der Waals surface area contributed by atoms with Gasteiger partial charge >= 0.3 is 6.09 Å². The molecule has 0 aliphatic rings. The fourth-order valence-corrected chi connectivity index (χ4v) is 4.26. The minimum atomic E-state index is -1.34. The van der Waals surface area contributed by atoms with Crippen molar-refractivity contribution in [2.24, 2.45) is 0 Å². The second kappa shape index (κ2) is 9.61. The zero-order valence-electron chi connectivity index (χ0n) is 18.4. The van der Waals surface area contributed by atoms with Crippen LogP contribution in [-0.2, 0) is 11.2 Å². The van der Waals surface area contributed by atoms with Crippen LogP contribution in [0, 0.1) is 0 Å². The third-order valence-electron chi connectivity index (χ3n) is 5.97. The lowest BCUT2D eigenvalue weighted by Crippen LogP contribution is -2.58. The molecule has 6 nitrogen and oxygen atoms in total. The van der Waals surface area contributed by atoms with Gasteiger partial charge in [-0.1, -0.05) is 78.9 Å². The van der Waals surface area contributed by atoms with Gasteiger partial charge in [0.15, 0.2) is 0 Å². The molecule has 2 amide bonds. The minimum Gasteiger partial charge on any atom is -0.465 e. The van der Waals surface area contributed by atoms with Gasteiger partial charge in [-0.15, -0.1) is 0 Å². The molecule has 3 aromatic carbocycles. The van der Waals surface area contributed by atoms with Crippen molar-refractivity contribution >= 4 is 22.9 Å². The Kier molecular flexibility index (Phi) is 6.45. The summed E-state index contributed by atoms with van der Waals surface area (Å²) < 4.78 is 0. The Balaban J connectivity index is 1.58. The van der Waals surface area contributed by atoms with Crippen LogP contribution in [0.15, 0.2) is 91.1 Å². The van der Waals surface area contributed by atoms with E-state index < -0.39 is 11.6 Å². The third-order valence-corrected chi connectivity index (χ3v) is 5.97. The smallest absolute Gasteiger partial charge is 0.405 e. The molecule has 1 heterocycles. The summed E-state index contributed by atoms with van der Waals surface area (Å²) in [6.07, 6.45) is 0.808. The number of H-pyrrole nitrogens is 1. The predicted octanol–water partition coefficient (Wildman–Crippen LogP) is 4.69. The number of carbonyl (C=O) groups excluding carboxylic acids is 1. The zero-order valence-corrected chi connectivity index (χ0v) is 18.4. The molecule has 0 saturated heterocycles. The maximum absolute atomic E-state index is 13.4. The van der Waals surface area contributed by atoms with Crippen LogP contribution < -0.4 is 10.6 Å². The third kappa shape index (κ3) is 5.06. The van der Waals surface area contributed by atoms with Crippen molar-refractivity contribution in [1.82, 2.24) is 15.6 Å². The van der Waals surface area contributed by atoms with Crippen LogP contribution in [0.3, 0.4) is 0 Å². The van der Waals surface area contributed by atoms with Gasteiger partial charge in [-0.3, -0.25) is 4.79 Å². The topological polar surface area (TPSA) is 94.2 Å². The first-order valence-electron chi connectivity index (χ1n) is 10.9. The zero-order chi connectivity index (χ0) is 23.3. The maximum atomic E-state index is 13.4. The van der Waals surface area contributed by atoms with Gasteiger partial charge in [0, 0.05) is 36.0 Å². The quantitative estimate of drug-likeness (QED) is 0.320. The average molecular weight is 442 g/mol. The average Bonchev–Trinajstić information content (AvgIpc) is 3.22. The number of carboxylic acid groups (broad SMARTS) is 1. The first-order chi connectivity index (χ1) is 16.0. The minimum absolute atomic E-state index is 0.0569. The van der Waals surface area contributed by atoms with Crippen LogP contribution in [0.5, 0.6) is 0 Å². The number of amides is 2. The number of aromatic nitrogens is 1. The van der Waals surface area contributed by atoms with E-state index in [4.69, 9.17) is 0 Å². The highest BCUT2D eigenvalue weighted by molar-refractivity contribution is 5.91. The lowest BCUT2D eigenvalue weighted by molar-refractivity contribution is -0.126. The molecule has 1 atom stereocenters. The number of aromatic amines is 1. The molecule has 0 bridgehead atoms. The monoisotopic (exact) mass is 441 g/mol. The summed E-state index contributed by atoms with van der Waals surface area (Å²) in [5.74, 6) is -0.425. The number of carbonyl (C=O) groups is 2. The van der Waals surface area contributed by atoms with Crippen molar-refractivity contribution < 1.29 is 14.7 Å². The molecule has 4 N–H and O–H groups in total. The molecule has 0 aliphatic heterocycles. The molecule has 0 aliphatic carbocycles. The number of nitrogens with one attached hydrogen (secondary N) is 3. The van der Waals surface area contributed by atoms with E-state index in [1.54, 1.807) is 6.92 Å². The lowest BCUT2D eigenvalue weighted by Gasteiger charge is -2.29. The second-order valence-corrected chi connectivity index (χ2v) is 8.38. The van der Waals surface area contributed by atoms with Crippen LogP contribution in [0.4, 0.5) is 4.79 Å². The van der Waals surface area contributed by atoms with E-state index in [0.29, 0.717) is 6.54 Å². The lowest BCUT2D eigenvalue weighted by atomic mass is 9.89. The Labute approximate surface area is 192 Å². The Morgan fingerprint density at radius 2 is 1.48 bits per heavy atom. The van der Waals surface area contributed by atoms with E-state index >= 15 is 0 Å². The molecule has 0 radical (unpaired) electrons. The Hall–Kier alpha value is -4.06. The Morgan fingerprint density at radius 3 is 2.09 bits per heavy atom. The highest BCUT2D eigenvalue weighted by atomic mass is 16.4. The van der Waals surface area contributed by atoms with Crippen LogP contribution in [-0.4, -0.2) is 34.2 Å². The number of hydrogen-bond acceptors (Lipinski definition) is 2. The number of para-hydroxylation sites is 1. The Morgan fingerprint density at radius 1 is 0.909 bits per heavy atom. The van der Waals surface area contributed by atoms with Gasteiger partial charge in [0.1, 0.15) is 5.54 Å². The van der Waals surface area contributed by atoms with E-state index in [1.807, 2.05) is 91.1 Å². The molecule has 168 valence electrons. The summed E-state index contributed by atoms with van der Waals surface area (Å²) in [6.45, 7) is 1.97. The molecule has 6 heteroatoms.